The molecule has 0 aromatic carbocycles. The van der Waals surface area contributed by atoms with E-state index in [9.17, 15) is 0 Å². The second-order valence-electron chi connectivity index (χ2n) is 7.61. The van der Waals surface area contributed by atoms with Gasteiger partial charge in [0.2, 0.25) is 0 Å². The minimum absolute atomic E-state index is 0.186. The molecule has 3 nitrogen and oxygen atoms in total. The topological polar surface area (TPSA) is 47.3 Å². The van der Waals surface area contributed by atoms with Crippen molar-refractivity contribution in [1.29, 1.82) is 0 Å². The van der Waals surface area contributed by atoms with Gasteiger partial charge in [-0.05, 0) is 67.8 Å². The Morgan fingerprint density at radius 2 is 1.81 bits per heavy atom. The molecule has 3 N–H and O–H groups in total. The van der Waals surface area contributed by atoms with Crippen LogP contribution in [-0.2, 0) is 4.74 Å². The van der Waals surface area contributed by atoms with Gasteiger partial charge in [0.25, 0.3) is 0 Å². The summed E-state index contributed by atoms with van der Waals surface area (Å²) in [7, 11) is 0. The lowest BCUT2D eigenvalue weighted by Crippen LogP contribution is -2.53. The van der Waals surface area contributed by atoms with Crippen LogP contribution in [0.3, 0.4) is 0 Å². The van der Waals surface area contributed by atoms with Gasteiger partial charge in [-0.3, -0.25) is 11.3 Å². The van der Waals surface area contributed by atoms with E-state index in [0.717, 1.165) is 18.4 Å². The lowest BCUT2D eigenvalue weighted by molar-refractivity contribution is -0.111. The van der Waals surface area contributed by atoms with Crippen LogP contribution < -0.4 is 11.3 Å². The highest BCUT2D eigenvalue weighted by Gasteiger charge is 2.42. The van der Waals surface area contributed by atoms with E-state index in [1.54, 1.807) is 0 Å². The molecule has 1 saturated carbocycles. The Bertz CT molecular complexity index is 319. The lowest BCUT2D eigenvalue weighted by Gasteiger charge is -2.47. The van der Waals surface area contributed by atoms with Gasteiger partial charge in [0.05, 0.1) is 5.60 Å². The van der Waals surface area contributed by atoms with Crippen LogP contribution in [0, 0.1) is 17.8 Å². The van der Waals surface area contributed by atoms with Crippen molar-refractivity contribution >= 4 is 11.8 Å². The lowest BCUT2D eigenvalue weighted by atomic mass is 9.71. The zero-order valence-electron chi connectivity index (χ0n) is 13.5. The molecule has 0 amide bonds. The van der Waals surface area contributed by atoms with Crippen LogP contribution >= 0.6 is 11.8 Å². The molecule has 122 valence electrons. The van der Waals surface area contributed by atoms with Crippen molar-refractivity contribution in [1.82, 2.24) is 5.43 Å². The molecule has 0 bridgehead atoms. The molecule has 3 fully saturated rings. The monoisotopic (exact) mass is 312 g/mol. The summed E-state index contributed by atoms with van der Waals surface area (Å²) < 4.78 is 6.25. The summed E-state index contributed by atoms with van der Waals surface area (Å²) in [6.07, 6.45) is 10.4. The van der Waals surface area contributed by atoms with Gasteiger partial charge in [0.1, 0.15) is 0 Å². The summed E-state index contributed by atoms with van der Waals surface area (Å²) in [5.74, 6) is 10.9. The summed E-state index contributed by atoms with van der Waals surface area (Å²) in [4.78, 5) is 0. The van der Waals surface area contributed by atoms with Crippen molar-refractivity contribution in [2.24, 2.45) is 23.6 Å². The molecule has 2 saturated heterocycles. The summed E-state index contributed by atoms with van der Waals surface area (Å²) in [5, 5.41) is 0. The third-order valence-corrected chi connectivity index (χ3v) is 7.19. The Kier molecular flexibility index (Phi) is 5.52. The molecule has 1 spiro atoms. The summed E-state index contributed by atoms with van der Waals surface area (Å²) in [5.41, 5.74) is 3.40. The maximum Gasteiger partial charge on any atom is 0.0701 e. The van der Waals surface area contributed by atoms with E-state index in [1.165, 1.54) is 62.9 Å². The fourth-order valence-electron chi connectivity index (χ4n) is 4.77. The largest absolute Gasteiger partial charge is 0.375 e. The predicted molar refractivity (Wildman–Crippen MR) is 90.2 cm³/mol. The molecule has 0 aromatic rings. The normalized spacial score (nSPS) is 38.3. The molecular weight excluding hydrogens is 280 g/mol. The Morgan fingerprint density at radius 1 is 1.10 bits per heavy atom. The number of ether oxygens (including phenoxy) is 1. The molecule has 2 atom stereocenters. The SMILES string of the molecule is CC1CCC(C(NN)C2CCOC3(CCSCC3)C2)CC1. The standard InChI is InChI=1S/C17H32N2OS/c1-13-2-4-14(5-3-13)16(19-18)15-6-9-20-17(12-15)7-10-21-11-8-17/h13-16,19H,2-12,18H2,1H3. The smallest absolute Gasteiger partial charge is 0.0701 e. The molecule has 4 heteroatoms. The highest BCUT2D eigenvalue weighted by Crippen LogP contribution is 2.43. The molecule has 0 radical (unpaired) electrons. The van der Waals surface area contributed by atoms with Crippen LogP contribution in [0.1, 0.15) is 58.3 Å². The number of thioether (sulfide) groups is 1. The Hall–Kier alpha value is 0.230. The fourth-order valence-corrected chi connectivity index (χ4v) is 6.00. The third kappa shape index (κ3) is 3.77. The van der Waals surface area contributed by atoms with E-state index in [0.29, 0.717) is 12.0 Å². The molecule has 2 unspecified atom stereocenters. The van der Waals surface area contributed by atoms with Gasteiger partial charge in [-0.15, -0.1) is 0 Å². The second kappa shape index (κ2) is 7.20. The molecule has 2 heterocycles. The summed E-state index contributed by atoms with van der Waals surface area (Å²) >= 11 is 2.09. The van der Waals surface area contributed by atoms with Crippen LogP contribution in [0.25, 0.3) is 0 Å². The first-order valence-corrected chi connectivity index (χ1v) is 10.1. The van der Waals surface area contributed by atoms with E-state index in [1.807, 2.05) is 0 Å². The number of nitrogens with two attached hydrogens (primary N) is 1. The van der Waals surface area contributed by atoms with E-state index < -0.39 is 0 Å². The summed E-state index contributed by atoms with van der Waals surface area (Å²) in [6, 6.07) is 0.507. The molecule has 0 aromatic heterocycles. The van der Waals surface area contributed by atoms with Crippen molar-refractivity contribution in [3.8, 4) is 0 Å². The minimum Gasteiger partial charge on any atom is -0.375 e. The third-order valence-electron chi connectivity index (χ3n) is 6.20. The molecule has 3 rings (SSSR count). The highest BCUT2D eigenvalue weighted by atomic mass is 32.2. The van der Waals surface area contributed by atoms with Gasteiger partial charge < -0.3 is 4.74 Å². The first-order valence-electron chi connectivity index (χ1n) is 8.90. The molecule has 2 aliphatic heterocycles. The van der Waals surface area contributed by atoms with Gasteiger partial charge in [0.15, 0.2) is 0 Å². The molecule has 1 aliphatic carbocycles. The van der Waals surface area contributed by atoms with Gasteiger partial charge in [0, 0.05) is 12.6 Å². The van der Waals surface area contributed by atoms with Gasteiger partial charge >= 0.3 is 0 Å². The maximum absolute atomic E-state index is 6.25. The summed E-state index contributed by atoms with van der Waals surface area (Å²) in [6.45, 7) is 3.33. The number of hydrogen-bond donors (Lipinski definition) is 2. The predicted octanol–water partition coefficient (Wildman–Crippen LogP) is 3.34. The van der Waals surface area contributed by atoms with E-state index in [2.05, 4.69) is 24.1 Å². The van der Waals surface area contributed by atoms with Crippen LogP contribution in [0.15, 0.2) is 0 Å². The Balaban J connectivity index is 1.63. The van der Waals surface area contributed by atoms with E-state index >= 15 is 0 Å². The minimum atomic E-state index is 0.186. The van der Waals surface area contributed by atoms with Crippen molar-refractivity contribution in [2.75, 3.05) is 18.1 Å². The number of hydrogen-bond acceptors (Lipinski definition) is 4. The highest BCUT2D eigenvalue weighted by molar-refractivity contribution is 7.99. The van der Waals surface area contributed by atoms with Gasteiger partial charge in [-0.1, -0.05) is 19.8 Å². The Morgan fingerprint density at radius 3 is 2.48 bits per heavy atom. The van der Waals surface area contributed by atoms with Gasteiger partial charge in [-0.25, -0.2) is 0 Å². The number of rotatable bonds is 3. The maximum atomic E-state index is 6.25. The Labute approximate surface area is 134 Å². The van der Waals surface area contributed by atoms with E-state index in [4.69, 9.17) is 10.6 Å². The number of hydrazine groups is 1. The van der Waals surface area contributed by atoms with Crippen molar-refractivity contribution in [3.63, 3.8) is 0 Å². The van der Waals surface area contributed by atoms with Crippen molar-refractivity contribution in [2.45, 2.75) is 69.9 Å². The fraction of sp³-hybridized carbons (Fsp3) is 1.00. The van der Waals surface area contributed by atoms with Crippen LogP contribution in [-0.4, -0.2) is 29.8 Å². The van der Waals surface area contributed by atoms with Crippen molar-refractivity contribution < 1.29 is 4.74 Å². The van der Waals surface area contributed by atoms with Gasteiger partial charge in [-0.2, -0.15) is 11.8 Å². The van der Waals surface area contributed by atoms with Crippen molar-refractivity contribution in [3.05, 3.63) is 0 Å². The first-order chi connectivity index (χ1) is 10.2. The molecular formula is C17H32N2OS. The number of nitrogens with one attached hydrogen (secondary N) is 1. The average Bonchev–Trinajstić information content (AvgIpc) is 2.51. The quantitative estimate of drug-likeness (QED) is 0.620. The average molecular weight is 313 g/mol. The second-order valence-corrected chi connectivity index (χ2v) is 8.83. The molecule has 3 aliphatic rings. The zero-order valence-corrected chi connectivity index (χ0v) is 14.3. The van der Waals surface area contributed by atoms with Crippen LogP contribution in [0.5, 0.6) is 0 Å². The zero-order chi connectivity index (χ0) is 14.7. The van der Waals surface area contributed by atoms with Crippen LogP contribution in [0.4, 0.5) is 0 Å². The van der Waals surface area contributed by atoms with E-state index in [-0.39, 0.29) is 5.60 Å². The van der Waals surface area contributed by atoms with Crippen LogP contribution in [0.2, 0.25) is 0 Å². The first kappa shape index (κ1) is 16.1. The molecule has 21 heavy (non-hydrogen) atoms.